The van der Waals surface area contributed by atoms with Gasteiger partial charge in [-0.2, -0.15) is 0 Å². The molecule has 2 aromatic rings. The van der Waals surface area contributed by atoms with Crippen LogP contribution in [0.25, 0.3) is 11.0 Å². The van der Waals surface area contributed by atoms with Crippen LogP contribution < -0.4 is 5.63 Å². The third kappa shape index (κ3) is 1.75. The van der Waals surface area contributed by atoms with Crippen molar-refractivity contribution >= 4 is 22.8 Å². The molecule has 2 aliphatic rings. The van der Waals surface area contributed by atoms with Gasteiger partial charge in [-0.25, -0.2) is 9.59 Å². The highest BCUT2D eigenvalue weighted by Crippen LogP contribution is 2.30. The average molecular weight is 285 g/mol. The zero-order valence-electron chi connectivity index (χ0n) is 10.9. The third-order valence-corrected chi connectivity index (χ3v) is 3.95. The lowest BCUT2D eigenvalue weighted by Crippen LogP contribution is -2.45. The number of esters is 1. The van der Waals surface area contributed by atoms with E-state index in [1.165, 1.54) is 11.0 Å². The Kier molecular flexibility index (Phi) is 2.42. The minimum absolute atomic E-state index is 0.0472. The Morgan fingerprint density at radius 2 is 2.05 bits per heavy atom. The van der Waals surface area contributed by atoms with E-state index in [1.807, 2.05) is 0 Å². The van der Waals surface area contributed by atoms with Gasteiger partial charge in [0.05, 0.1) is 6.54 Å². The van der Waals surface area contributed by atoms with Gasteiger partial charge < -0.3 is 14.1 Å². The highest BCUT2D eigenvalue weighted by molar-refractivity contribution is 5.99. The van der Waals surface area contributed by atoms with Crippen molar-refractivity contribution < 1.29 is 18.7 Å². The number of carbonyl (C=O) groups excluding carboxylic acids is 2. The molecule has 6 nitrogen and oxygen atoms in total. The Morgan fingerprint density at radius 1 is 1.24 bits per heavy atom. The molecule has 0 saturated carbocycles. The predicted molar refractivity (Wildman–Crippen MR) is 71.8 cm³/mol. The summed E-state index contributed by atoms with van der Waals surface area (Å²) in [7, 11) is 0. The Balaban J connectivity index is 1.76. The van der Waals surface area contributed by atoms with Gasteiger partial charge in [0, 0.05) is 11.8 Å². The second kappa shape index (κ2) is 4.18. The lowest BCUT2D eigenvalue weighted by atomic mass is 10.1. The third-order valence-electron chi connectivity index (χ3n) is 3.95. The van der Waals surface area contributed by atoms with Gasteiger partial charge in [0.2, 0.25) is 0 Å². The van der Waals surface area contributed by atoms with Gasteiger partial charge in [-0.1, -0.05) is 18.2 Å². The molecule has 1 aromatic carbocycles. The standard InChI is InChI=1S/C15H11NO5/c17-13(16-7-9-6-11(16)15(19)20-9)10-5-8-3-1-2-4-12(8)21-14(10)18/h1-5,9,11H,6-7H2/t9-,11-/m0/s1. The molecule has 0 spiro atoms. The lowest BCUT2D eigenvalue weighted by molar-refractivity contribution is -0.149. The molecule has 2 fully saturated rings. The van der Waals surface area contributed by atoms with Gasteiger partial charge >= 0.3 is 11.6 Å². The molecule has 0 N–H and O–H groups in total. The van der Waals surface area contributed by atoms with Crippen LogP contribution in [0.5, 0.6) is 0 Å². The molecule has 0 radical (unpaired) electrons. The largest absolute Gasteiger partial charge is 0.459 e. The highest BCUT2D eigenvalue weighted by Gasteiger charge is 2.49. The molecule has 21 heavy (non-hydrogen) atoms. The van der Waals surface area contributed by atoms with Crippen LogP contribution in [0.4, 0.5) is 0 Å². The van der Waals surface area contributed by atoms with Gasteiger partial charge in [-0.15, -0.1) is 0 Å². The van der Waals surface area contributed by atoms with Crippen LogP contribution in [0.15, 0.2) is 39.5 Å². The van der Waals surface area contributed by atoms with Gasteiger partial charge in [0.25, 0.3) is 5.91 Å². The SMILES string of the molecule is O=C1O[C@H]2C[C@@H]1N(C(=O)c1cc3ccccc3oc1=O)C2. The maximum absolute atomic E-state index is 12.5. The fraction of sp³-hybridized carbons (Fsp3) is 0.267. The summed E-state index contributed by atoms with van der Waals surface area (Å²) in [6.07, 6.45) is 0.252. The van der Waals surface area contributed by atoms with Crippen LogP contribution in [0, 0.1) is 0 Å². The van der Waals surface area contributed by atoms with E-state index < -0.39 is 23.5 Å². The van der Waals surface area contributed by atoms with E-state index in [-0.39, 0.29) is 11.7 Å². The quantitative estimate of drug-likeness (QED) is 0.575. The van der Waals surface area contributed by atoms with E-state index in [0.717, 1.165) is 0 Å². The molecular formula is C15H11NO5. The van der Waals surface area contributed by atoms with Crippen LogP contribution in [0.3, 0.4) is 0 Å². The molecule has 0 unspecified atom stereocenters. The number of likely N-dealkylation sites (tertiary alicyclic amines) is 1. The number of fused-ring (bicyclic) bond motifs is 3. The van der Waals surface area contributed by atoms with Crippen LogP contribution >= 0.6 is 0 Å². The molecule has 2 saturated heterocycles. The fourth-order valence-corrected chi connectivity index (χ4v) is 2.94. The van der Waals surface area contributed by atoms with E-state index in [4.69, 9.17) is 9.15 Å². The van der Waals surface area contributed by atoms with Crippen molar-refractivity contribution in [2.45, 2.75) is 18.6 Å². The lowest BCUT2D eigenvalue weighted by Gasteiger charge is -2.25. The van der Waals surface area contributed by atoms with Gasteiger partial charge in [0.1, 0.15) is 23.3 Å². The maximum Gasteiger partial charge on any atom is 0.349 e. The molecule has 0 aliphatic carbocycles. The van der Waals surface area contributed by atoms with Crippen molar-refractivity contribution in [1.29, 1.82) is 0 Å². The second-order valence-electron chi connectivity index (χ2n) is 5.25. The molecule has 2 aliphatic heterocycles. The zero-order chi connectivity index (χ0) is 14.6. The van der Waals surface area contributed by atoms with E-state index in [0.29, 0.717) is 23.9 Å². The Hall–Kier alpha value is -2.63. The van der Waals surface area contributed by atoms with Crippen LogP contribution in [-0.2, 0) is 9.53 Å². The minimum atomic E-state index is -0.685. The predicted octanol–water partition coefficient (Wildman–Crippen LogP) is 0.933. The molecule has 106 valence electrons. The molecular weight excluding hydrogens is 274 g/mol. The zero-order valence-corrected chi connectivity index (χ0v) is 10.9. The minimum Gasteiger partial charge on any atom is -0.459 e. The molecule has 6 heteroatoms. The van der Waals surface area contributed by atoms with E-state index in [2.05, 4.69) is 0 Å². The smallest absolute Gasteiger partial charge is 0.349 e. The van der Waals surface area contributed by atoms with Crippen molar-refractivity contribution in [3.05, 3.63) is 46.3 Å². The normalized spacial score (nSPS) is 23.6. The Bertz CT molecular complexity index is 824. The van der Waals surface area contributed by atoms with Gasteiger partial charge in [-0.05, 0) is 12.1 Å². The molecule has 1 amide bonds. The Labute approximate surface area is 118 Å². The number of morpholine rings is 1. The summed E-state index contributed by atoms with van der Waals surface area (Å²) >= 11 is 0. The molecule has 4 rings (SSSR count). The second-order valence-corrected chi connectivity index (χ2v) is 5.25. The summed E-state index contributed by atoms with van der Waals surface area (Å²) in [5, 5.41) is 0.674. The average Bonchev–Trinajstić information content (AvgIpc) is 3.05. The van der Waals surface area contributed by atoms with Crippen molar-refractivity contribution in [3.63, 3.8) is 0 Å². The van der Waals surface area contributed by atoms with Crippen molar-refractivity contribution in [3.8, 4) is 0 Å². The number of para-hydroxylation sites is 1. The van der Waals surface area contributed by atoms with Crippen molar-refractivity contribution in [1.82, 2.24) is 4.90 Å². The molecule has 2 atom stereocenters. The highest BCUT2D eigenvalue weighted by atomic mass is 16.6. The Morgan fingerprint density at radius 3 is 2.81 bits per heavy atom. The molecule has 1 aromatic heterocycles. The number of carbonyl (C=O) groups is 2. The number of hydrogen-bond acceptors (Lipinski definition) is 5. The number of ether oxygens (including phenoxy) is 1. The molecule has 2 bridgehead atoms. The first-order valence-corrected chi connectivity index (χ1v) is 6.68. The van der Waals surface area contributed by atoms with Gasteiger partial charge in [0.15, 0.2) is 0 Å². The summed E-state index contributed by atoms with van der Waals surface area (Å²) in [6, 6.07) is 7.92. The van der Waals surface area contributed by atoms with Gasteiger partial charge in [-0.3, -0.25) is 4.79 Å². The fourth-order valence-electron chi connectivity index (χ4n) is 2.94. The first kappa shape index (κ1) is 12.1. The summed E-state index contributed by atoms with van der Waals surface area (Å²) < 4.78 is 10.2. The van der Waals surface area contributed by atoms with Crippen LogP contribution in [-0.4, -0.2) is 35.5 Å². The van der Waals surface area contributed by atoms with E-state index in [9.17, 15) is 14.4 Å². The monoisotopic (exact) mass is 285 g/mol. The first-order chi connectivity index (χ1) is 10.1. The number of amides is 1. The maximum atomic E-state index is 12.5. The first-order valence-electron chi connectivity index (χ1n) is 6.68. The van der Waals surface area contributed by atoms with Crippen LogP contribution in [0.2, 0.25) is 0 Å². The topological polar surface area (TPSA) is 76.8 Å². The summed E-state index contributed by atoms with van der Waals surface area (Å²) in [5.41, 5.74) is -0.301. The van der Waals surface area contributed by atoms with E-state index in [1.54, 1.807) is 24.3 Å². The summed E-state index contributed by atoms with van der Waals surface area (Å²) in [5.74, 6) is -0.872. The number of rotatable bonds is 1. The van der Waals surface area contributed by atoms with Crippen molar-refractivity contribution in [2.75, 3.05) is 6.54 Å². The number of benzene rings is 1. The summed E-state index contributed by atoms with van der Waals surface area (Å²) in [4.78, 5) is 37.5. The van der Waals surface area contributed by atoms with Crippen LogP contribution in [0.1, 0.15) is 16.8 Å². The number of nitrogens with zero attached hydrogens (tertiary/aromatic N) is 1. The molecule has 3 heterocycles. The number of hydrogen-bond donors (Lipinski definition) is 0. The summed E-state index contributed by atoms with van der Waals surface area (Å²) in [6.45, 7) is 0.335. The van der Waals surface area contributed by atoms with Crippen molar-refractivity contribution in [2.24, 2.45) is 0 Å². The van der Waals surface area contributed by atoms with E-state index >= 15 is 0 Å².